The first kappa shape index (κ1) is 18.1. The van der Waals surface area contributed by atoms with E-state index in [0.717, 1.165) is 11.3 Å². The number of hydrogen-bond donors (Lipinski definition) is 3. The Morgan fingerprint density at radius 3 is 2.42 bits per heavy atom. The van der Waals surface area contributed by atoms with Crippen LogP contribution in [0.3, 0.4) is 0 Å². The zero-order valence-corrected chi connectivity index (χ0v) is 13.9. The number of halogens is 1. The summed E-state index contributed by atoms with van der Waals surface area (Å²) in [5.41, 5.74) is 1.82. The molecule has 0 fully saturated rings. The number of aliphatic hydroxyl groups is 1. The number of ether oxygens (including phenoxy) is 1. The van der Waals surface area contributed by atoms with E-state index in [9.17, 15) is 9.90 Å². The normalized spacial score (nSPS) is 11.8. The van der Waals surface area contributed by atoms with Crippen LogP contribution in [0.25, 0.3) is 0 Å². The number of hydrogen-bond acceptors (Lipinski definition) is 4. The van der Waals surface area contributed by atoms with Crippen LogP contribution in [-0.4, -0.2) is 35.4 Å². The van der Waals surface area contributed by atoms with Gasteiger partial charge in [0.25, 0.3) is 0 Å². The second-order valence-electron chi connectivity index (χ2n) is 5.39. The number of carboxylic acid groups (broad SMARTS) is 1. The molecular weight excluding hydrogens is 330 g/mol. The Morgan fingerprint density at radius 1 is 1.12 bits per heavy atom. The van der Waals surface area contributed by atoms with Crippen LogP contribution >= 0.6 is 11.6 Å². The first-order valence-electron chi connectivity index (χ1n) is 7.64. The Bertz CT molecular complexity index is 643. The van der Waals surface area contributed by atoms with Crippen molar-refractivity contribution >= 4 is 23.3 Å². The minimum absolute atomic E-state index is 0.106. The first-order chi connectivity index (χ1) is 11.5. The number of aliphatic hydroxyl groups excluding tert-OH is 1. The van der Waals surface area contributed by atoms with Gasteiger partial charge in [-0.1, -0.05) is 23.7 Å². The van der Waals surface area contributed by atoms with E-state index >= 15 is 0 Å². The molecule has 2 rings (SSSR count). The lowest BCUT2D eigenvalue weighted by atomic mass is 10.1. The molecule has 1 atom stereocenters. The highest BCUT2D eigenvalue weighted by Gasteiger charge is 2.06. The average Bonchev–Trinajstić information content (AvgIpc) is 2.58. The van der Waals surface area contributed by atoms with Gasteiger partial charge in [0.1, 0.15) is 18.5 Å². The van der Waals surface area contributed by atoms with Crippen LogP contribution in [0.5, 0.6) is 5.75 Å². The lowest BCUT2D eigenvalue weighted by Gasteiger charge is -2.14. The lowest BCUT2D eigenvalue weighted by Crippen LogP contribution is -2.26. The molecule has 128 valence electrons. The summed E-state index contributed by atoms with van der Waals surface area (Å²) in [6, 6.07) is 14.4. The topological polar surface area (TPSA) is 78.8 Å². The van der Waals surface area contributed by atoms with Crippen molar-refractivity contribution in [2.24, 2.45) is 0 Å². The number of aliphatic carboxylic acids is 1. The summed E-state index contributed by atoms with van der Waals surface area (Å²) in [7, 11) is 0. The zero-order valence-electron chi connectivity index (χ0n) is 13.1. The van der Waals surface area contributed by atoms with Crippen molar-refractivity contribution in [2.75, 3.05) is 18.5 Å². The number of carbonyl (C=O) groups is 1. The smallest absolute Gasteiger partial charge is 0.303 e. The minimum atomic E-state index is -0.813. The fourth-order valence-electron chi connectivity index (χ4n) is 2.06. The van der Waals surface area contributed by atoms with Crippen molar-refractivity contribution in [3.8, 4) is 5.75 Å². The SMILES string of the molecule is O=C(O)CCc1ccc(OCC(O)CNc2ccc(Cl)cc2)cc1. The van der Waals surface area contributed by atoms with E-state index in [2.05, 4.69) is 5.32 Å². The van der Waals surface area contributed by atoms with Crippen LogP contribution in [0.15, 0.2) is 48.5 Å². The van der Waals surface area contributed by atoms with Crippen molar-refractivity contribution in [3.63, 3.8) is 0 Å². The van der Waals surface area contributed by atoms with Crippen LogP contribution in [0, 0.1) is 0 Å². The molecule has 0 saturated carbocycles. The summed E-state index contributed by atoms with van der Waals surface area (Å²) in [5.74, 6) is -0.175. The Morgan fingerprint density at radius 2 is 1.79 bits per heavy atom. The van der Waals surface area contributed by atoms with Gasteiger partial charge in [0.2, 0.25) is 0 Å². The molecule has 3 N–H and O–H groups in total. The molecule has 0 radical (unpaired) electrons. The maximum absolute atomic E-state index is 10.5. The Labute approximate surface area is 145 Å². The molecule has 0 spiro atoms. The molecule has 2 aromatic rings. The molecule has 0 saturated heterocycles. The van der Waals surface area contributed by atoms with Crippen LogP contribution in [0.2, 0.25) is 5.02 Å². The van der Waals surface area contributed by atoms with Gasteiger partial charge in [-0.25, -0.2) is 0 Å². The summed E-state index contributed by atoms with van der Waals surface area (Å²) in [4.78, 5) is 10.5. The number of nitrogens with one attached hydrogen (secondary N) is 1. The monoisotopic (exact) mass is 349 g/mol. The van der Waals surface area contributed by atoms with Crippen LogP contribution in [-0.2, 0) is 11.2 Å². The van der Waals surface area contributed by atoms with Gasteiger partial charge in [-0.15, -0.1) is 0 Å². The van der Waals surface area contributed by atoms with Gasteiger partial charge in [0.15, 0.2) is 0 Å². The summed E-state index contributed by atoms with van der Waals surface area (Å²) in [6.07, 6.45) is -0.0641. The lowest BCUT2D eigenvalue weighted by molar-refractivity contribution is -0.136. The molecule has 1 unspecified atom stereocenters. The molecule has 0 aliphatic heterocycles. The summed E-state index contributed by atoms with van der Waals surface area (Å²) < 4.78 is 5.53. The van der Waals surface area contributed by atoms with Crippen LogP contribution in [0.4, 0.5) is 5.69 Å². The predicted octanol–water partition coefficient (Wildman–Crippen LogP) is 3.21. The highest BCUT2D eigenvalue weighted by Crippen LogP contribution is 2.15. The largest absolute Gasteiger partial charge is 0.491 e. The van der Waals surface area contributed by atoms with Crippen LogP contribution < -0.4 is 10.1 Å². The summed E-state index contributed by atoms with van der Waals surface area (Å²) in [6.45, 7) is 0.521. The molecule has 0 heterocycles. The highest BCUT2D eigenvalue weighted by atomic mass is 35.5. The maximum Gasteiger partial charge on any atom is 0.303 e. The zero-order chi connectivity index (χ0) is 17.4. The van der Waals surface area contributed by atoms with Crippen molar-refractivity contribution in [1.82, 2.24) is 0 Å². The van der Waals surface area contributed by atoms with Crippen molar-refractivity contribution in [2.45, 2.75) is 18.9 Å². The quantitative estimate of drug-likeness (QED) is 0.648. The van der Waals surface area contributed by atoms with Gasteiger partial charge in [-0.2, -0.15) is 0 Å². The fourth-order valence-corrected chi connectivity index (χ4v) is 2.18. The summed E-state index contributed by atoms with van der Waals surface area (Å²) >= 11 is 5.81. The second-order valence-corrected chi connectivity index (χ2v) is 5.83. The second kappa shape index (κ2) is 9.15. The van der Waals surface area contributed by atoms with Crippen molar-refractivity contribution in [3.05, 3.63) is 59.1 Å². The molecule has 6 heteroatoms. The van der Waals surface area contributed by atoms with Crippen molar-refractivity contribution < 1.29 is 19.7 Å². The molecule has 0 aromatic heterocycles. The standard InChI is InChI=1S/C18H20ClNO4/c19-14-4-6-15(7-5-14)20-11-16(21)12-24-17-8-1-13(2-9-17)3-10-18(22)23/h1-2,4-9,16,20-21H,3,10-12H2,(H,22,23). The number of anilines is 1. The van der Waals surface area contributed by atoms with Gasteiger partial charge in [0, 0.05) is 23.7 Å². The van der Waals surface area contributed by atoms with Gasteiger partial charge >= 0.3 is 5.97 Å². The van der Waals surface area contributed by atoms with Gasteiger partial charge in [-0.3, -0.25) is 4.79 Å². The number of benzene rings is 2. The van der Waals surface area contributed by atoms with E-state index in [1.54, 1.807) is 24.3 Å². The van der Waals surface area contributed by atoms with Gasteiger partial charge in [-0.05, 0) is 48.4 Å². The molecule has 5 nitrogen and oxygen atoms in total. The van der Waals surface area contributed by atoms with E-state index < -0.39 is 12.1 Å². The Balaban J connectivity index is 1.71. The van der Waals surface area contributed by atoms with E-state index in [1.807, 2.05) is 24.3 Å². The molecular formula is C18H20ClNO4. The number of rotatable bonds is 9. The highest BCUT2D eigenvalue weighted by molar-refractivity contribution is 6.30. The molecule has 0 aliphatic carbocycles. The number of aryl methyl sites for hydroxylation is 1. The van der Waals surface area contributed by atoms with Crippen molar-refractivity contribution in [1.29, 1.82) is 0 Å². The fraction of sp³-hybridized carbons (Fsp3) is 0.278. The van der Waals surface area contributed by atoms with Gasteiger partial charge in [0.05, 0.1) is 0 Å². The molecule has 0 amide bonds. The van der Waals surface area contributed by atoms with Crippen LogP contribution in [0.1, 0.15) is 12.0 Å². The average molecular weight is 350 g/mol. The Hall–Kier alpha value is -2.24. The van der Waals surface area contributed by atoms with E-state index in [1.165, 1.54) is 0 Å². The molecule has 0 bridgehead atoms. The third-order valence-corrected chi connectivity index (χ3v) is 3.63. The molecule has 2 aromatic carbocycles. The van der Waals surface area contributed by atoms with E-state index in [-0.39, 0.29) is 13.0 Å². The minimum Gasteiger partial charge on any atom is -0.491 e. The van der Waals surface area contributed by atoms with Gasteiger partial charge < -0.3 is 20.3 Å². The first-order valence-corrected chi connectivity index (χ1v) is 8.02. The summed E-state index contributed by atoms with van der Waals surface area (Å²) in [5, 5.41) is 22.4. The third kappa shape index (κ3) is 6.48. The van der Waals surface area contributed by atoms with E-state index in [0.29, 0.717) is 23.7 Å². The maximum atomic E-state index is 10.5. The third-order valence-electron chi connectivity index (χ3n) is 3.38. The molecule has 0 aliphatic rings. The Kier molecular flexibility index (Phi) is 6.90. The van der Waals surface area contributed by atoms with E-state index in [4.69, 9.17) is 21.4 Å². The predicted molar refractivity (Wildman–Crippen MR) is 93.8 cm³/mol. The number of carboxylic acids is 1. The molecule has 24 heavy (non-hydrogen) atoms.